The molecule has 3 N–H and O–H groups in total. The first-order chi connectivity index (χ1) is 15.7. The number of rotatable bonds is 5. The number of carbonyl (C=O) groups excluding carboxylic acids is 2. The lowest BCUT2D eigenvalue weighted by atomic mass is 9.92. The molecule has 0 aromatic heterocycles. The number of imide groups is 1. The average molecular weight is 464 g/mol. The van der Waals surface area contributed by atoms with E-state index >= 15 is 0 Å². The molecule has 3 aromatic carbocycles. The van der Waals surface area contributed by atoms with E-state index in [-0.39, 0.29) is 5.75 Å². The topological polar surface area (TPSA) is 110 Å². The third-order valence-corrected chi connectivity index (χ3v) is 7.18. The van der Waals surface area contributed by atoms with E-state index in [1.54, 1.807) is 55.5 Å². The minimum Gasteiger partial charge on any atom is -0.398 e. The zero-order valence-corrected chi connectivity index (χ0v) is 19.2. The Hall–Kier alpha value is -3.49. The van der Waals surface area contributed by atoms with Gasteiger partial charge >= 0.3 is 0 Å². The van der Waals surface area contributed by atoms with Gasteiger partial charge in [-0.25, -0.2) is 18.0 Å². The number of amides is 2. The molecule has 33 heavy (non-hydrogen) atoms. The van der Waals surface area contributed by atoms with Crippen molar-refractivity contribution in [3.8, 4) is 11.1 Å². The van der Waals surface area contributed by atoms with E-state index in [0.717, 1.165) is 16.0 Å². The standard InChI is InChI=1S/C25H25N3O4S/c1-16-19-11-6-7-12-20(19)23-21(26)13-8-14-22(23)28(24(16)29)25(30)17(2)27-33(31,32)15-18-9-4-3-5-10-18/h3-14,16-17,27H,15,26H2,1-2H3/t16?,17-/m0/s1. The first kappa shape index (κ1) is 22.7. The van der Waals surface area contributed by atoms with Gasteiger partial charge in [0.05, 0.1) is 23.4 Å². The van der Waals surface area contributed by atoms with E-state index in [1.165, 1.54) is 6.92 Å². The Morgan fingerprint density at radius 3 is 2.42 bits per heavy atom. The van der Waals surface area contributed by atoms with Gasteiger partial charge in [0.15, 0.2) is 0 Å². The van der Waals surface area contributed by atoms with Crippen molar-refractivity contribution in [2.75, 3.05) is 10.6 Å². The van der Waals surface area contributed by atoms with Gasteiger partial charge in [0.25, 0.3) is 5.91 Å². The minimum absolute atomic E-state index is 0.273. The number of nitrogens with zero attached hydrogens (tertiary/aromatic N) is 1. The Labute approximate surface area is 193 Å². The molecule has 1 aliphatic rings. The fourth-order valence-electron chi connectivity index (χ4n) is 4.16. The molecule has 3 aromatic rings. The van der Waals surface area contributed by atoms with Gasteiger partial charge in [-0.3, -0.25) is 9.59 Å². The fraction of sp³-hybridized carbons (Fsp3) is 0.200. The summed E-state index contributed by atoms with van der Waals surface area (Å²) in [5, 5.41) is 0. The van der Waals surface area contributed by atoms with Crippen molar-refractivity contribution in [3.63, 3.8) is 0 Å². The fourth-order valence-corrected chi connectivity index (χ4v) is 5.52. The van der Waals surface area contributed by atoms with Gasteiger partial charge in [0.1, 0.15) is 0 Å². The SMILES string of the molecule is CC1C(=O)N(C(=O)[C@H](C)NS(=O)(=O)Cc2ccccc2)c2cccc(N)c2-c2ccccc21. The second-order valence-corrected chi connectivity index (χ2v) is 9.90. The van der Waals surface area contributed by atoms with Crippen molar-refractivity contribution in [3.05, 3.63) is 83.9 Å². The monoisotopic (exact) mass is 463 g/mol. The van der Waals surface area contributed by atoms with E-state index < -0.39 is 33.8 Å². The number of nitrogens with one attached hydrogen (secondary N) is 1. The summed E-state index contributed by atoms with van der Waals surface area (Å²) in [4.78, 5) is 28.0. The van der Waals surface area contributed by atoms with Crippen LogP contribution in [0.4, 0.5) is 11.4 Å². The van der Waals surface area contributed by atoms with Crippen molar-refractivity contribution in [1.82, 2.24) is 4.72 Å². The third kappa shape index (κ3) is 4.40. The lowest BCUT2D eigenvalue weighted by Crippen LogP contribution is -2.50. The molecule has 0 bridgehead atoms. The second kappa shape index (κ2) is 8.80. The van der Waals surface area contributed by atoms with Crippen molar-refractivity contribution in [2.24, 2.45) is 0 Å². The van der Waals surface area contributed by atoms with Crippen LogP contribution in [0.5, 0.6) is 0 Å². The van der Waals surface area contributed by atoms with Crippen molar-refractivity contribution in [2.45, 2.75) is 31.6 Å². The molecule has 1 unspecified atom stereocenters. The van der Waals surface area contributed by atoms with Gasteiger partial charge in [-0.1, -0.05) is 60.7 Å². The highest BCUT2D eigenvalue weighted by atomic mass is 32.2. The molecule has 0 aliphatic carbocycles. The molecular formula is C25H25N3O4S. The maximum atomic E-state index is 13.5. The first-order valence-electron chi connectivity index (χ1n) is 10.6. The van der Waals surface area contributed by atoms with Crippen LogP contribution in [0.2, 0.25) is 0 Å². The van der Waals surface area contributed by atoms with Crippen molar-refractivity contribution >= 4 is 33.2 Å². The number of hydrogen-bond acceptors (Lipinski definition) is 5. The molecule has 7 nitrogen and oxygen atoms in total. The van der Waals surface area contributed by atoms with E-state index in [1.807, 2.05) is 24.3 Å². The molecule has 0 saturated carbocycles. The van der Waals surface area contributed by atoms with Crippen LogP contribution >= 0.6 is 0 Å². The summed E-state index contributed by atoms with van der Waals surface area (Å²) in [6.45, 7) is 3.17. The molecule has 2 atom stereocenters. The summed E-state index contributed by atoms with van der Waals surface area (Å²) < 4.78 is 27.8. The van der Waals surface area contributed by atoms with E-state index in [0.29, 0.717) is 22.5 Å². The van der Waals surface area contributed by atoms with Crippen LogP contribution in [-0.4, -0.2) is 26.3 Å². The number of sulfonamides is 1. The van der Waals surface area contributed by atoms with Gasteiger partial charge in [0, 0.05) is 11.3 Å². The first-order valence-corrected chi connectivity index (χ1v) is 12.2. The molecule has 0 saturated heterocycles. The Kier molecular flexibility index (Phi) is 6.05. The summed E-state index contributed by atoms with van der Waals surface area (Å²) in [7, 11) is -3.83. The molecule has 0 fully saturated rings. The Bertz CT molecular complexity index is 1320. The van der Waals surface area contributed by atoms with Crippen LogP contribution in [-0.2, 0) is 25.4 Å². The molecule has 170 valence electrons. The number of nitrogens with two attached hydrogens (primary N) is 1. The highest BCUT2D eigenvalue weighted by Gasteiger charge is 2.38. The van der Waals surface area contributed by atoms with Crippen molar-refractivity contribution in [1.29, 1.82) is 0 Å². The summed E-state index contributed by atoms with van der Waals surface area (Å²) in [5.41, 5.74) is 9.77. The summed E-state index contributed by atoms with van der Waals surface area (Å²) in [6.07, 6.45) is 0. The predicted octanol–water partition coefficient (Wildman–Crippen LogP) is 3.42. The van der Waals surface area contributed by atoms with Crippen LogP contribution in [0.3, 0.4) is 0 Å². The third-order valence-electron chi connectivity index (χ3n) is 5.75. The largest absolute Gasteiger partial charge is 0.398 e. The molecule has 8 heteroatoms. The smallest absolute Gasteiger partial charge is 0.251 e. The highest BCUT2D eigenvalue weighted by Crippen LogP contribution is 2.44. The number of nitrogen functional groups attached to an aromatic ring is 1. The van der Waals surface area contributed by atoms with Gasteiger partial charge in [0.2, 0.25) is 15.9 Å². The maximum Gasteiger partial charge on any atom is 0.251 e. The summed E-state index contributed by atoms with van der Waals surface area (Å²) >= 11 is 0. The average Bonchev–Trinajstić information content (AvgIpc) is 2.87. The second-order valence-electron chi connectivity index (χ2n) is 8.15. The van der Waals surface area contributed by atoms with Gasteiger partial charge in [-0.2, -0.15) is 0 Å². The molecule has 0 radical (unpaired) electrons. The Morgan fingerprint density at radius 1 is 1.03 bits per heavy atom. The quantitative estimate of drug-likeness (QED) is 0.564. The van der Waals surface area contributed by atoms with Gasteiger partial charge in [-0.15, -0.1) is 0 Å². The summed E-state index contributed by atoms with van der Waals surface area (Å²) in [5.74, 6) is -2.00. The molecular weight excluding hydrogens is 438 g/mol. The Morgan fingerprint density at radius 2 is 1.70 bits per heavy atom. The van der Waals surface area contributed by atoms with E-state index in [2.05, 4.69) is 4.72 Å². The molecule has 4 rings (SSSR count). The zero-order chi connectivity index (χ0) is 23.8. The molecule has 1 heterocycles. The number of fused-ring (bicyclic) bond motifs is 3. The normalized spacial score (nSPS) is 16.5. The lowest BCUT2D eigenvalue weighted by Gasteiger charge is -2.26. The van der Waals surface area contributed by atoms with Gasteiger partial charge < -0.3 is 5.73 Å². The lowest BCUT2D eigenvalue weighted by molar-refractivity contribution is -0.127. The van der Waals surface area contributed by atoms with Crippen molar-refractivity contribution < 1.29 is 18.0 Å². The Balaban J connectivity index is 1.70. The zero-order valence-electron chi connectivity index (χ0n) is 18.4. The van der Waals surface area contributed by atoms with E-state index in [4.69, 9.17) is 5.73 Å². The number of carbonyl (C=O) groups is 2. The van der Waals surface area contributed by atoms with Gasteiger partial charge in [-0.05, 0) is 42.7 Å². The molecule has 1 aliphatic heterocycles. The van der Waals surface area contributed by atoms with Crippen LogP contribution < -0.4 is 15.4 Å². The number of anilines is 2. The molecule has 0 spiro atoms. The predicted molar refractivity (Wildman–Crippen MR) is 129 cm³/mol. The minimum atomic E-state index is -3.83. The number of hydrogen-bond donors (Lipinski definition) is 2. The van der Waals surface area contributed by atoms with Crippen LogP contribution in [0.1, 0.15) is 30.9 Å². The van der Waals surface area contributed by atoms with Crippen LogP contribution in [0.25, 0.3) is 11.1 Å². The van der Waals surface area contributed by atoms with Crippen LogP contribution in [0.15, 0.2) is 72.8 Å². The van der Waals surface area contributed by atoms with Crippen LogP contribution in [0, 0.1) is 0 Å². The molecule has 2 amide bonds. The summed E-state index contributed by atoms with van der Waals surface area (Å²) in [6, 6.07) is 20.0. The van der Waals surface area contributed by atoms with E-state index in [9.17, 15) is 18.0 Å². The number of benzene rings is 3. The maximum absolute atomic E-state index is 13.5. The highest BCUT2D eigenvalue weighted by molar-refractivity contribution is 7.88.